The van der Waals surface area contributed by atoms with Crippen molar-refractivity contribution in [3.8, 4) is 0 Å². The molecule has 0 bridgehead atoms. The van der Waals surface area contributed by atoms with Crippen molar-refractivity contribution >= 4 is 47.8 Å². The van der Waals surface area contributed by atoms with Crippen molar-refractivity contribution in [2.24, 2.45) is 35.5 Å². The summed E-state index contributed by atoms with van der Waals surface area (Å²) >= 11 is 0. The number of methoxy groups -OCH3 is 1. The highest BCUT2D eigenvalue weighted by Crippen LogP contribution is 2.28. The van der Waals surface area contributed by atoms with Crippen LogP contribution >= 0.6 is 0 Å². The third-order valence-corrected chi connectivity index (χ3v) is 14.3. The van der Waals surface area contributed by atoms with Crippen molar-refractivity contribution in [3.05, 3.63) is 24.7 Å². The summed E-state index contributed by atoms with van der Waals surface area (Å²) in [6.45, 7) is 33.8. The third kappa shape index (κ3) is 47.6. The SMILES string of the molecule is C.C.C.C.C.C.C=C1CC(C)CCO1.C=C1CCC(C)O1.CC1CC(=O)O1.CC1CCC(=O)OC1.CC1CCCC(=O)O1.CC1CCCOC1=O.CC1CCOC1=O.CC1COC(=O)C1.CC1COC1=O.CCC1(O)CC(=O)OC(C)C1.COC1CCCCO1. The van der Waals surface area contributed by atoms with Crippen molar-refractivity contribution in [2.45, 2.75) is 285 Å². The van der Waals surface area contributed by atoms with Crippen LogP contribution in [0.4, 0.5) is 0 Å². The summed E-state index contributed by atoms with van der Waals surface area (Å²) in [5, 5.41) is 9.72. The van der Waals surface area contributed by atoms with Crippen LogP contribution in [-0.2, 0) is 95.2 Å². The molecule has 90 heavy (non-hydrogen) atoms. The number of hydrogen-bond acceptors (Lipinski definition) is 21. The molecule has 0 aromatic heterocycles. The Morgan fingerprint density at radius 2 is 0.989 bits per heavy atom. The first-order chi connectivity index (χ1) is 39.6. The minimum Gasteiger partial charge on any atom is -0.499 e. The monoisotopic (exact) mass is 1290 g/mol. The molecule has 21 heteroatoms. The molecule has 11 fully saturated rings. The Morgan fingerprint density at radius 1 is 0.433 bits per heavy atom. The van der Waals surface area contributed by atoms with Gasteiger partial charge in [-0.25, -0.2) is 0 Å². The molecule has 0 spiro atoms. The lowest BCUT2D eigenvalue weighted by atomic mass is 9.88. The normalized spacial score (nSPS) is 29.2. The zero-order chi connectivity index (χ0) is 63.2. The van der Waals surface area contributed by atoms with Gasteiger partial charge in [-0.05, 0) is 124 Å². The van der Waals surface area contributed by atoms with Crippen LogP contribution in [0.1, 0.15) is 249 Å². The Kier molecular flexibility index (Phi) is 57.8. The molecule has 0 amide bonds. The van der Waals surface area contributed by atoms with E-state index in [0.717, 1.165) is 94.9 Å². The predicted octanol–water partition coefficient (Wildman–Crippen LogP) is 14.1. The van der Waals surface area contributed by atoms with E-state index in [9.17, 15) is 43.5 Å². The average Bonchev–Trinajstić information content (AvgIpc) is 3.95. The van der Waals surface area contributed by atoms with Gasteiger partial charge in [-0.3, -0.25) is 38.4 Å². The number of hydrogen-bond donors (Lipinski definition) is 1. The second-order valence-corrected chi connectivity index (χ2v) is 23.4. The van der Waals surface area contributed by atoms with Crippen LogP contribution in [0.5, 0.6) is 0 Å². The van der Waals surface area contributed by atoms with Crippen LogP contribution in [-0.4, -0.2) is 143 Å². The summed E-state index contributed by atoms with van der Waals surface area (Å²) in [7, 11) is 1.69. The first-order valence-electron chi connectivity index (χ1n) is 30.5. The molecule has 0 aliphatic carbocycles. The van der Waals surface area contributed by atoms with E-state index in [1.165, 1.54) is 19.3 Å². The van der Waals surface area contributed by atoms with E-state index in [2.05, 4.69) is 52.9 Å². The molecule has 0 aromatic rings. The average molecular weight is 1300 g/mol. The minimum absolute atomic E-state index is 0. The Balaban J connectivity index is -0.000000215. The maximum absolute atomic E-state index is 10.9. The van der Waals surface area contributed by atoms with Crippen LogP contribution in [0.25, 0.3) is 0 Å². The molecule has 11 rings (SSSR count). The first-order valence-corrected chi connectivity index (χ1v) is 30.5. The Bertz CT molecular complexity index is 1920. The number of rotatable bonds is 2. The number of allylic oxidation sites excluding steroid dienone is 2. The van der Waals surface area contributed by atoms with Gasteiger partial charge in [0.25, 0.3) is 0 Å². The summed E-state index contributed by atoms with van der Waals surface area (Å²) in [5.74, 6) is 3.59. The van der Waals surface area contributed by atoms with Gasteiger partial charge in [0.05, 0.1) is 99.4 Å². The molecule has 11 aliphatic heterocycles. The standard InChI is InChI=1S/C8H14O3.C7H12O.C6H10O2.C6H12O2.2C6H10O2.C6H10O.2C5H8O2.2C4H6O2.6CH4/c1-3-8(10)4-6(2)11-7(9)5-8;1-6-3-4-8-7(2)5-6;1-5-2-3-6(7)8-4-5;1-7-6-4-2-3-5-8-6;1-5-3-2-4-8-6(5)7;1-5-3-2-4-6(7)8-5;1-5-3-4-6(2)7-5;1-4-2-5(6)7-3-4;1-4-2-3-7-5(4)6;1-3-2-6-4(3)5;1-3-2-4(5)6-3;;;;;;/h6,10H,3-5H2,1-2H3;6H,2-5H2,1H3;5H,2-4H2,1H3;6H,2-5H2,1H3;2*5H,2-4H2,1H3;6H,1,3-4H2,2H3;2*4H,2-3H2,1H3;2*3H,2H2,1H3;6*1H4. The van der Waals surface area contributed by atoms with Gasteiger partial charge in [0.1, 0.15) is 18.8 Å². The molecule has 21 nitrogen and oxygen atoms in total. The van der Waals surface area contributed by atoms with Crippen LogP contribution in [0.2, 0.25) is 0 Å². The van der Waals surface area contributed by atoms with Gasteiger partial charge >= 0.3 is 47.8 Å². The summed E-state index contributed by atoms with van der Waals surface area (Å²) in [5.41, 5.74) is -0.811. The fourth-order valence-electron chi connectivity index (χ4n) is 8.53. The van der Waals surface area contributed by atoms with Crippen LogP contribution in [0.3, 0.4) is 0 Å². The number of cyclic esters (lactones) is 8. The maximum atomic E-state index is 10.9. The Labute approximate surface area is 545 Å². The summed E-state index contributed by atoms with van der Waals surface area (Å²) < 4.78 is 57.9. The summed E-state index contributed by atoms with van der Waals surface area (Å²) in [6.07, 6.45) is 18.4. The molecule has 11 heterocycles. The molecule has 12 unspecified atom stereocenters. The Hall–Kier alpha value is -5.28. The molecule has 0 aromatic carbocycles. The molecule has 1 N–H and O–H groups in total. The molecular formula is C69H130O21. The van der Waals surface area contributed by atoms with Gasteiger partial charge in [-0.1, -0.05) is 99.3 Å². The fraction of sp³-hybridized carbons (Fsp3) is 0.826. The molecule has 532 valence electrons. The zero-order valence-corrected chi connectivity index (χ0v) is 53.0. The lowest BCUT2D eigenvalue weighted by Crippen LogP contribution is -2.41. The van der Waals surface area contributed by atoms with E-state index in [4.69, 9.17) is 37.9 Å². The number of carbonyl (C=O) groups is 8. The van der Waals surface area contributed by atoms with Crippen molar-refractivity contribution < 1.29 is 100 Å². The molecule has 11 saturated heterocycles. The smallest absolute Gasteiger partial charge is 0.312 e. The number of carbonyl (C=O) groups excluding carboxylic acids is 8. The topological polar surface area (TPSA) is 268 Å². The zero-order valence-electron chi connectivity index (χ0n) is 53.0. The van der Waals surface area contributed by atoms with Gasteiger partial charge in [-0.2, -0.15) is 0 Å². The van der Waals surface area contributed by atoms with Crippen LogP contribution < -0.4 is 0 Å². The van der Waals surface area contributed by atoms with Crippen LogP contribution in [0.15, 0.2) is 24.7 Å². The molecule has 12 atom stereocenters. The van der Waals surface area contributed by atoms with E-state index in [1.807, 2.05) is 48.5 Å². The second-order valence-electron chi connectivity index (χ2n) is 23.4. The highest BCUT2D eigenvalue weighted by atomic mass is 16.7. The quantitative estimate of drug-likeness (QED) is 0.199. The van der Waals surface area contributed by atoms with Gasteiger partial charge in [-0.15, -0.1) is 0 Å². The van der Waals surface area contributed by atoms with Crippen molar-refractivity contribution in [1.82, 2.24) is 0 Å². The van der Waals surface area contributed by atoms with Crippen LogP contribution in [0, 0.1) is 35.5 Å². The summed E-state index contributed by atoms with van der Waals surface area (Å²) in [6, 6.07) is 0. The highest BCUT2D eigenvalue weighted by molar-refractivity contribution is 5.77. The number of esters is 8. The number of aliphatic hydroxyl groups is 1. The highest BCUT2D eigenvalue weighted by Gasteiger charge is 2.36. The molecule has 11 aliphatic rings. The first kappa shape index (κ1) is 95.8. The maximum Gasteiger partial charge on any atom is 0.312 e. The lowest BCUT2D eigenvalue weighted by molar-refractivity contribution is -0.169. The lowest BCUT2D eigenvalue weighted by Gasteiger charge is -2.33. The van der Waals surface area contributed by atoms with E-state index in [1.54, 1.807) is 14.0 Å². The molecule has 0 saturated carbocycles. The van der Waals surface area contributed by atoms with E-state index in [-0.39, 0.29) is 141 Å². The molecule has 0 radical (unpaired) electrons. The third-order valence-electron chi connectivity index (χ3n) is 14.3. The second kappa shape index (κ2) is 54.3. The van der Waals surface area contributed by atoms with Crippen molar-refractivity contribution in [1.29, 1.82) is 0 Å². The van der Waals surface area contributed by atoms with Gasteiger partial charge < -0.3 is 61.9 Å². The van der Waals surface area contributed by atoms with Crippen molar-refractivity contribution in [2.75, 3.05) is 53.4 Å². The number of ether oxygens (including phenoxy) is 12. The molecular weight excluding hydrogens is 1160 g/mol. The minimum atomic E-state index is -0.811. The van der Waals surface area contributed by atoms with E-state index >= 15 is 0 Å². The largest absolute Gasteiger partial charge is 0.499 e. The van der Waals surface area contributed by atoms with Gasteiger partial charge in [0, 0.05) is 51.7 Å². The summed E-state index contributed by atoms with van der Waals surface area (Å²) in [4.78, 5) is 82.8. The fourth-order valence-corrected chi connectivity index (χ4v) is 8.53. The predicted molar refractivity (Wildman–Crippen MR) is 351 cm³/mol. The van der Waals surface area contributed by atoms with Gasteiger partial charge in [0.15, 0.2) is 6.29 Å². The van der Waals surface area contributed by atoms with Crippen molar-refractivity contribution in [3.63, 3.8) is 0 Å². The van der Waals surface area contributed by atoms with E-state index < -0.39 is 5.60 Å². The van der Waals surface area contributed by atoms with E-state index in [0.29, 0.717) is 89.5 Å². The van der Waals surface area contributed by atoms with Gasteiger partial charge in [0.2, 0.25) is 0 Å². The Morgan fingerprint density at radius 3 is 1.24 bits per heavy atom.